The van der Waals surface area contributed by atoms with Crippen molar-refractivity contribution in [3.63, 3.8) is 0 Å². The Morgan fingerprint density at radius 3 is 2.67 bits per heavy atom. The van der Waals surface area contributed by atoms with E-state index < -0.39 is 0 Å². The van der Waals surface area contributed by atoms with Crippen LogP contribution in [0.4, 0.5) is 11.4 Å². The van der Waals surface area contributed by atoms with Crippen LogP contribution in [0.1, 0.15) is 10.4 Å². The number of amides is 1. The number of benzene rings is 1. The molecule has 0 aliphatic carbocycles. The Morgan fingerprint density at radius 1 is 1.33 bits per heavy atom. The van der Waals surface area contributed by atoms with E-state index in [9.17, 15) is 4.79 Å². The Hall–Kier alpha value is -2.07. The summed E-state index contributed by atoms with van der Waals surface area (Å²) in [6.07, 6.45) is 1.42. The Morgan fingerprint density at radius 2 is 2.00 bits per heavy atom. The highest BCUT2D eigenvalue weighted by Gasteiger charge is 2.17. The van der Waals surface area contributed by atoms with Crippen LogP contribution >= 0.6 is 11.6 Å². The van der Waals surface area contributed by atoms with E-state index in [4.69, 9.17) is 17.3 Å². The molecule has 92 valence electrons. The van der Waals surface area contributed by atoms with E-state index in [1.807, 2.05) is 30.3 Å². The Balaban J connectivity index is 2.34. The Bertz CT molecular complexity index is 572. The fourth-order valence-electron chi connectivity index (χ4n) is 1.56. The topological polar surface area (TPSA) is 59.2 Å². The largest absolute Gasteiger partial charge is 0.397 e. The van der Waals surface area contributed by atoms with E-state index in [-0.39, 0.29) is 11.1 Å². The molecule has 0 atom stereocenters. The quantitative estimate of drug-likeness (QED) is 0.846. The van der Waals surface area contributed by atoms with E-state index in [0.29, 0.717) is 11.3 Å². The molecule has 1 heterocycles. The third kappa shape index (κ3) is 2.43. The lowest BCUT2D eigenvalue weighted by molar-refractivity contribution is 0.0993. The van der Waals surface area contributed by atoms with Gasteiger partial charge in [0.05, 0.1) is 17.4 Å². The van der Waals surface area contributed by atoms with Crippen LogP contribution in [-0.2, 0) is 0 Å². The van der Waals surface area contributed by atoms with Gasteiger partial charge in [0.15, 0.2) is 0 Å². The van der Waals surface area contributed by atoms with Crippen molar-refractivity contribution in [2.45, 2.75) is 0 Å². The monoisotopic (exact) mass is 261 g/mol. The third-order valence-electron chi connectivity index (χ3n) is 2.54. The first-order chi connectivity index (χ1) is 8.59. The summed E-state index contributed by atoms with van der Waals surface area (Å²) in [7, 11) is 1.68. The number of para-hydroxylation sites is 1. The van der Waals surface area contributed by atoms with Crippen molar-refractivity contribution >= 4 is 28.9 Å². The van der Waals surface area contributed by atoms with Crippen molar-refractivity contribution < 1.29 is 4.79 Å². The van der Waals surface area contributed by atoms with Crippen LogP contribution in [0, 0.1) is 0 Å². The normalized spacial score (nSPS) is 10.1. The molecule has 0 spiro atoms. The Labute approximate surface area is 110 Å². The SMILES string of the molecule is CN(C(=O)c1cc(N)cnc1Cl)c1ccccc1. The zero-order chi connectivity index (χ0) is 13.1. The first-order valence-electron chi connectivity index (χ1n) is 5.33. The van der Waals surface area contributed by atoms with Crippen molar-refractivity contribution in [3.8, 4) is 0 Å². The number of carbonyl (C=O) groups is 1. The van der Waals surface area contributed by atoms with E-state index in [1.165, 1.54) is 17.2 Å². The molecular weight excluding hydrogens is 250 g/mol. The minimum absolute atomic E-state index is 0.150. The molecule has 1 amide bonds. The number of hydrogen-bond acceptors (Lipinski definition) is 3. The van der Waals surface area contributed by atoms with E-state index in [2.05, 4.69) is 4.98 Å². The predicted octanol–water partition coefficient (Wildman–Crippen LogP) is 2.59. The molecule has 5 heteroatoms. The van der Waals surface area contributed by atoms with Gasteiger partial charge >= 0.3 is 0 Å². The molecule has 2 rings (SSSR count). The molecule has 0 aliphatic rings. The van der Waals surface area contributed by atoms with Gasteiger partial charge in [-0.25, -0.2) is 4.98 Å². The Kier molecular flexibility index (Phi) is 3.48. The summed E-state index contributed by atoms with van der Waals surface area (Å²) in [5, 5.41) is 0.150. The number of hydrogen-bond donors (Lipinski definition) is 1. The summed E-state index contributed by atoms with van der Waals surface area (Å²) < 4.78 is 0. The minimum Gasteiger partial charge on any atom is -0.397 e. The highest BCUT2D eigenvalue weighted by Crippen LogP contribution is 2.20. The number of carbonyl (C=O) groups excluding carboxylic acids is 1. The predicted molar refractivity (Wildman–Crippen MR) is 72.8 cm³/mol. The van der Waals surface area contributed by atoms with Gasteiger partial charge in [0, 0.05) is 12.7 Å². The molecule has 4 nitrogen and oxygen atoms in total. The summed E-state index contributed by atoms with van der Waals surface area (Å²) in [5.74, 6) is -0.244. The van der Waals surface area contributed by atoms with Crippen molar-refractivity contribution in [3.05, 3.63) is 53.3 Å². The number of rotatable bonds is 2. The summed E-state index contributed by atoms with van der Waals surface area (Å²) in [4.78, 5) is 17.6. The fraction of sp³-hybridized carbons (Fsp3) is 0.0769. The molecule has 2 aromatic rings. The number of nitrogens with two attached hydrogens (primary N) is 1. The zero-order valence-electron chi connectivity index (χ0n) is 9.80. The molecule has 18 heavy (non-hydrogen) atoms. The molecule has 2 N–H and O–H groups in total. The van der Waals surface area contributed by atoms with Crippen molar-refractivity contribution in [2.24, 2.45) is 0 Å². The molecule has 0 radical (unpaired) electrons. The van der Waals surface area contributed by atoms with Gasteiger partial charge < -0.3 is 10.6 Å². The van der Waals surface area contributed by atoms with Gasteiger partial charge in [0.25, 0.3) is 5.91 Å². The van der Waals surface area contributed by atoms with Crippen LogP contribution in [0.5, 0.6) is 0 Å². The zero-order valence-corrected chi connectivity index (χ0v) is 10.6. The van der Waals surface area contributed by atoms with E-state index >= 15 is 0 Å². The number of nitrogens with zero attached hydrogens (tertiary/aromatic N) is 2. The second-order valence-corrected chi connectivity index (χ2v) is 4.16. The molecule has 0 saturated heterocycles. The lowest BCUT2D eigenvalue weighted by Gasteiger charge is -2.17. The average Bonchev–Trinajstić information content (AvgIpc) is 2.41. The van der Waals surface area contributed by atoms with Gasteiger partial charge in [-0.05, 0) is 18.2 Å². The number of pyridine rings is 1. The molecule has 0 saturated carbocycles. The molecule has 0 fully saturated rings. The van der Waals surface area contributed by atoms with Gasteiger partial charge in [-0.2, -0.15) is 0 Å². The minimum atomic E-state index is -0.244. The standard InChI is InChI=1S/C13H12ClN3O/c1-17(10-5-3-2-4-6-10)13(18)11-7-9(15)8-16-12(11)14/h2-8H,15H2,1H3. The average molecular weight is 262 g/mol. The highest BCUT2D eigenvalue weighted by atomic mass is 35.5. The summed E-state index contributed by atoms with van der Waals surface area (Å²) >= 11 is 5.91. The maximum absolute atomic E-state index is 12.3. The smallest absolute Gasteiger partial charge is 0.261 e. The molecule has 0 bridgehead atoms. The first-order valence-corrected chi connectivity index (χ1v) is 5.71. The van der Waals surface area contributed by atoms with Crippen LogP contribution in [0.15, 0.2) is 42.6 Å². The second kappa shape index (κ2) is 5.06. The highest BCUT2D eigenvalue weighted by molar-refractivity contribution is 6.33. The van der Waals surface area contributed by atoms with E-state index in [0.717, 1.165) is 5.69 Å². The molecular formula is C13H12ClN3O. The van der Waals surface area contributed by atoms with Crippen molar-refractivity contribution in [1.29, 1.82) is 0 Å². The maximum atomic E-state index is 12.3. The summed E-state index contributed by atoms with van der Waals surface area (Å²) in [5.41, 5.74) is 7.09. The maximum Gasteiger partial charge on any atom is 0.261 e. The number of nitrogen functional groups attached to an aromatic ring is 1. The van der Waals surface area contributed by atoms with Crippen molar-refractivity contribution in [2.75, 3.05) is 17.7 Å². The molecule has 1 aromatic carbocycles. The molecule has 1 aromatic heterocycles. The van der Waals surface area contributed by atoms with Crippen molar-refractivity contribution in [1.82, 2.24) is 4.98 Å². The number of aromatic nitrogens is 1. The summed E-state index contributed by atoms with van der Waals surface area (Å²) in [6.45, 7) is 0. The van der Waals surface area contributed by atoms with Crippen LogP contribution in [-0.4, -0.2) is 17.9 Å². The summed E-state index contributed by atoms with van der Waals surface area (Å²) in [6, 6.07) is 10.8. The fourth-order valence-corrected chi connectivity index (χ4v) is 1.75. The second-order valence-electron chi connectivity index (χ2n) is 3.81. The van der Waals surface area contributed by atoms with Gasteiger partial charge in [-0.3, -0.25) is 4.79 Å². The van der Waals surface area contributed by atoms with Crippen LogP contribution in [0.2, 0.25) is 5.15 Å². The molecule has 0 aliphatic heterocycles. The number of anilines is 2. The van der Waals surface area contributed by atoms with Crippen LogP contribution in [0.25, 0.3) is 0 Å². The lowest BCUT2D eigenvalue weighted by atomic mass is 10.2. The van der Waals surface area contributed by atoms with Gasteiger partial charge in [-0.1, -0.05) is 29.8 Å². The van der Waals surface area contributed by atoms with Gasteiger partial charge in [-0.15, -0.1) is 0 Å². The van der Waals surface area contributed by atoms with Gasteiger partial charge in [0.1, 0.15) is 5.15 Å². The van der Waals surface area contributed by atoms with Crippen LogP contribution in [0.3, 0.4) is 0 Å². The van der Waals surface area contributed by atoms with Crippen LogP contribution < -0.4 is 10.6 Å². The molecule has 0 unspecified atom stereocenters. The third-order valence-corrected chi connectivity index (χ3v) is 2.84. The number of halogens is 1. The van der Waals surface area contributed by atoms with Gasteiger partial charge in [0.2, 0.25) is 0 Å². The van der Waals surface area contributed by atoms with E-state index in [1.54, 1.807) is 7.05 Å². The lowest BCUT2D eigenvalue weighted by Crippen LogP contribution is -2.26. The first kappa shape index (κ1) is 12.4.